The van der Waals surface area contributed by atoms with E-state index in [1.165, 1.54) is 12.8 Å². The van der Waals surface area contributed by atoms with Crippen LogP contribution < -0.4 is 15.5 Å². The molecule has 1 aromatic carbocycles. The summed E-state index contributed by atoms with van der Waals surface area (Å²) in [6, 6.07) is 8.90. The molecule has 0 saturated carbocycles. The molecule has 7 nitrogen and oxygen atoms in total. The van der Waals surface area contributed by atoms with Gasteiger partial charge in [-0.15, -0.1) is 11.3 Å². The molecule has 0 radical (unpaired) electrons. The molecule has 142 valence electrons. The molecule has 2 fully saturated rings. The maximum absolute atomic E-state index is 12.7. The van der Waals surface area contributed by atoms with E-state index in [2.05, 4.69) is 20.5 Å². The van der Waals surface area contributed by atoms with Crippen molar-refractivity contribution in [3.8, 4) is 0 Å². The number of hydrogen-bond acceptors (Lipinski definition) is 6. The Labute approximate surface area is 161 Å². The molecule has 2 aromatic rings. The standard InChI is InChI=1S/C19H22N4O3S/c24-15-11-26-17(16(22-15)13-6-2-1-3-7-13)18(25)20-10-14-12-27-19(21-14)23-8-4-5-9-23/h1-3,6-7,12,16-17H,4-5,8-11H2,(H,20,25)(H,22,24)/t16-,17+/m1/s1. The number of amides is 2. The molecule has 2 amide bonds. The van der Waals surface area contributed by atoms with Crippen molar-refractivity contribution in [3.05, 3.63) is 47.0 Å². The quantitative estimate of drug-likeness (QED) is 0.816. The molecule has 2 aliphatic rings. The number of ether oxygens (including phenoxy) is 1. The van der Waals surface area contributed by atoms with Gasteiger partial charge < -0.3 is 20.3 Å². The van der Waals surface area contributed by atoms with Crippen molar-refractivity contribution < 1.29 is 14.3 Å². The monoisotopic (exact) mass is 386 g/mol. The Bertz CT molecular complexity index is 804. The van der Waals surface area contributed by atoms with Gasteiger partial charge in [0.25, 0.3) is 5.91 Å². The summed E-state index contributed by atoms with van der Waals surface area (Å²) >= 11 is 1.61. The SMILES string of the molecule is O=C1CO[C@H](C(=O)NCc2csc(N3CCCC3)n2)[C@@H](c2ccccc2)N1. The number of carbonyl (C=O) groups is 2. The summed E-state index contributed by atoms with van der Waals surface area (Å²) in [5, 5.41) is 8.75. The van der Waals surface area contributed by atoms with Crippen molar-refractivity contribution in [2.45, 2.75) is 31.5 Å². The first-order chi connectivity index (χ1) is 13.2. The second-order valence-corrected chi connectivity index (χ2v) is 7.56. The molecule has 1 aromatic heterocycles. The predicted molar refractivity (Wildman–Crippen MR) is 102 cm³/mol. The number of nitrogens with one attached hydrogen (secondary N) is 2. The van der Waals surface area contributed by atoms with Gasteiger partial charge in [0.2, 0.25) is 5.91 Å². The lowest BCUT2D eigenvalue weighted by molar-refractivity contribution is -0.148. The first kappa shape index (κ1) is 17.9. The summed E-state index contributed by atoms with van der Waals surface area (Å²) in [5.74, 6) is -0.470. The molecule has 2 saturated heterocycles. The van der Waals surface area contributed by atoms with Gasteiger partial charge in [0, 0.05) is 18.5 Å². The van der Waals surface area contributed by atoms with E-state index in [0.29, 0.717) is 6.54 Å². The van der Waals surface area contributed by atoms with Crippen molar-refractivity contribution in [1.82, 2.24) is 15.6 Å². The minimum absolute atomic E-state index is 0.114. The van der Waals surface area contributed by atoms with Crippen molar-refractivity contribution in [2.24, 2.45) is 0 Å². The summed E-state index contributed by atoms with van der Waals surface area (Å²) in [7, 11) is 0. The van der Waals surface area contributed by atoms with Crippen LogP contribution in [0.15, 0.2) is 35.7 Å². The largest absolute Gasteiger partial charge is 0.356 e. The molecular formula is C19H22N4O3S. The Morgan fingerprint density at radius 3 is 2.85 bits per heavy atom. The Morgan fingerprint density at radius 2 is 2.07 bits per heavy atom. The van der Waals surface area contributed by atoms with E-state index in [9.17, 15) is 9.59 Å². The molecule has 27 heavy (non-hydrogen) atoms. The number of hydrogen-bond donors (Lipinski definition) is 2. The van der Waals surface area contributed by atoms with Crippen molar-refractivity contribution in [2.75, 3.05) is 24.6 Å². The third-order valence-electron chi connectivity index (χ3n) is 4.79. The fraction of sp³-hybridized carbons (Fsp3) is 0.421. The highest BCUT2D eigenvalue weighted by Crippen LogP contribution is 2.25. The number of rotatable bonds is 5. The van der Waals surface area contributed by atoms with Gasteiger partial charge in [-0.3, -0.25) is 9.59 Å². The van der Waals surface area contributed by atoms with Gasteiger partial charge in [-0.2, -0.15) is 0 Å². The Kier molecular flexibility index (Phi) is 5.35. The molecule has 2 N–H and O–H groups in total. The Morgan fingerprint density at radius 1 is 1.30 bits per heavy atom. The topological polar surface area (TPSA) is 83.6 Å². The van der Waals surface area contributed by atoms with Crippen LogP contribution in [0.2, 0.25) is 0 Å². The molecule has 8 heteroatoms. The number of aromatic nitrogens is 1. The van der Waals surface area contributed by atoms with E-state index in [4.69, 9.17) is 4.74 Å². The van der Waals surface area contributed by atoms with Crippen LogP contribution in [-0.4, -0.2) is 42.6 Å². The van der Waals surface area contributed by atoms with Crippen LogP contribution in [-0.2, 0) is 20.9 Å². The van der Waals surface area contributed by atoms with E-state index >= 15 is 0 Å². The lowest BCUT2D eigenvalue weighted by atomic mass is 9.99. The highest BCUT2D eigenvalue weighted by molar-refractivity contribution is 7.13. The summed E-state index contributed by atoms with van der Waals surface area (Å²) in [6.45, 7) is 2.33. The molecule has 2 aliphatic heterocycles. The van der Waals surface area contributed by atoms with Crippen LogP contribution in [0.3, 0.4) is 0 Å². The minimum atomic E-state index is -0.762. The van der Waals surface area contributed by atoms with Gasteiger partial charge in [0.05, 0.1) is 18.3 Å². The number of thiazole rings is 1. The lowest BCUT2D eigenvalue weighted by Crippen LogP contribution is -2.52. The molecule has 0 unspecified atom stereocenters. The fourth-order valence-corrected chi connectivity index (χ4v) is 4.29. The molecular weight excluding hydrogens is 364 g/mol. The molecule has 0 spiro atoms. The van der Waals surface area contributed by atoms with Gasteiger partial charge in [0.1, 0.15) is 6.61 Å². The highest BCUT2D eigenvalue weighted by atomic mass is 32.1. The van der Waals surface area contributed by atoms with Crippen LogP contribution in [0.4, 0.5) is 5.13 Å². The molecule has 4 rings (SSSR count). The van der Waals surface area contributed by atoms with E-state index < -0.39 is 12.1 Å². The molecule has 0 aliphatic carbocycles. The average molecular weight is 386 g/mol. The van der Waals surface area contributed by atoms with Crippen LogP contribution >= 0.6 is 11.3 Å². The molecule has 0 bridgehead atoms. The van der Waals surface area contributed by atoms with E-state index in [-0.39, 0.29) is 18.4 Å². The summed E-state index contributed by atoms with van der Waals surface area (Å²) in [6.07, 6.45) is 1.65. The summed E-state index contributed by atoms with van der Waals surface area (Å²) < 4.78 is 5.54. The van der Waals surface area contributed by atoms with Gasteiger partial charge in [-0.05, 0) is 18.4 Å². The van der Waals surface area contributed by atoms with Crippen LogP contribution in [0.25, 0.3) is 0 Å². The molecule has 3 heterocycles. The number of benzene rings is 1. The number of anilines is 1. The van der Waals surface area contributed by atoms with E-state index in [1.54, 1.807) is 11.3 Å². The predicted octanol–water partition coefficient (Wildman–Crippen LogP) is 1.62. The van der Waals surface area contributed by atoms with Gasteiger partial charge >= 0.3 is 0 Å². The zero-order chi connectivity index (χ0) is 18.6. The summed E-state index contributed by atoms with van der Waals surface area (Å²) in [5.41, 5.74) is 1.68. The van der Waals surface area contributed by atoms with E-state index in [0.717, 1.165) is 29.5 Å². The maximum Gasteiger partial charge on any atom is 0.251 e. The van der Waals surface area contributed by atoms with Crippen molar-refractivity contribution in [1.29, 1.82) is 0 Å². The normalized spacial score (nSPS) is 22.5. The van der Waals surface area contributed by atoms with Gasteiger partial charge in [-0.25, -0.2) is 4.98 Å². The van der Waals surface area contributed by atoms with E-state index in [1.807, 2.05) is 35.7 Å². The number of morpholine rings is 1. The third kappa shape index (κ3) is 4.12. The zero-order valence-corrected chi connectivity index (χ0v) is 15.7. The minimum Gasteiger partial charge on any atom is -0.356 e. The average Bonchev–Trinajstić information content (AvgIpc) is 3.38. The van der Waals surface area contributed by atoms with Crippen LogP contribution in [0.1, 0.15) is 30.1 Å². The fourth-order valence-electron chi connectivity index (χ4n) is 3.41. The van der Waals surface area contributed by atoms with Crippen LogP contribution in [0, 0.1) is 0 Å². The maximum atomic E-state index is 12.7. The first-order valence-electron chi connectivity index (χ1n) is 9.14. The first-order valence-corrected chi connectivity index (χ1v) is 10.0. The lowest BCUT2D eigenvalue weighted by Gasteiger charge is -2.31. The van der Waals surface area contributed by atoms with Crippen LogP contribution in [0.5, 0.6) is 0 Å². The van der Waals surface area contributed by atoms with Crippen molar-refractivity contribution >= 4 is 28.3 Å². The smallest absolute Gasteiger partial charge is 0.251 e. The second-order valence-electron chi connectivity index (χ2n) is 6.72. The number of nitrogens with zero attached hydrogens (tertiary/aromatic N) is 2. The Hall–Kier alpha value is -2.45. The van der Waals surface area contributed by atoms with Gasteiger partial charge in [0.15, 0.2) is 11.2 Å². The number of carbonyl (C=O) groups excluding carboxylic acids is 2. The second kappa shape index (κ2) is 8.06. The zero-order valence-electron chi connectivity index (χ0n) is 14.9. The van der Waals surface area contributed by atoms with Gasteiger partial charge in [-0.1, -0.05) is 30.3 Å². The molecule has 2 atom stereocenters. The van der Waals surface area contributed by atoms with Crippen molar-refractivity contribution in [3.63, 3.8) is 0 Å². The summed E-state index contributed by atoms with van der Waals surface area (Å²) in [4.78, 5) is 31.3. The third-order valence-corrected chi connectivity index (χ3v) is 5.74. The highest BCUT2D eigenvalue weighted by Gasteiger charge is 2.35. The Balaban J connectivity index is 1.40.